The van der Waals surface area contributed by atoms with Crippen molar-refractivity contribution in [1.82, 2.24) is 0 Å². The van der Waals surface area contributed by atoms with Crippen molar-refractivity contribution in [3.63, 3.8) is 0 Å². The number of anilines is 2. The van der Waals surface area contributed by atoms with Crippen LogP contribution in [0.1, 0.15) is 12.5 Å². The van der Waals surface area contributed by atoms with E-state index in [9.17, 15) is 13.2 Å². The van der Waals surface area contributed by atoms with Crippen LogP contribution in [0.25, 0.3) is 0 Å². The summed E-state index contributed by atoms with van der Waals surface area (Å²) >= 11 is 1.50. The van der Waals surface area contributed by atoms with Crippen LogP contribution in [0.15, 0.2) is 59.6 Å². The van der Waals surface area contributed by atoms with Crippen LogP contribution in [-0.2, 0) is 21.1 Å². The molecule has 0 spiro atoms. The number of nitrogens with zero attached hydrogens (tertiary/aromatic N) is 2. The SMILES string of the molecule is CCN(C(=O)Cc1ccc(NC2=N[C@H]3CS(=O)(=O)C[C@H]3S2)cc1)c1ccccc1. The molecule has 0 aliphatic carbocycles. The normalized spacial score (nSPS) is 22.0. The van der Waals surface area contributed by atoms with Crippen molar-refractivity contribution in [2.75, 3.05) is 28.3 Å². The Morgan fingerprint density at radius 2 is 1.86 bits per heavy atom. The van der Waals surface area contributed by atoms with E-state index in [0.29, 0.717) is 13.0 Å². The number of sulfone groups is 1. The zero-order valence-corrected chi connectivity index (χ0v) is 17.7. The molecule has 0 radical (unpaired) electrons. The van der Waals surface area contributed by atoms with Gasteiger partial charge in [-0.1, -0.05) is 42.1 Å². The molecular weight excluding hydrogens is 406 g/mol. The van der Waals surface area contributed by atoms with Gasteiger partial charge in [0.15, 0.2) is 15.0 Å². The molecule has 2 aromatic rings. The third-order valence-corrected chi connectivity index (χ3v) is 8.21. The molecule has 6 nitrogen and oxygen atoms in total. The van der Waals surface area contributed by atoms with Gasteiger partial charge in [0.05, 0.1) is 24.0 Å². The highest BCUT2D eigenvalue weighted by atomic mass is 32.2. The molecule has 2 heterocycles. The second kappa shape index (κ2) is 8.20. The number of likely N-dealkylation sites (N-methyl/N-ethyl adjacent to an activating group) is 1. The molecule has 1 N–H and O–H groups in total. The number of amidine groups is 1. The van der Waals surface area contributed by atoms with E-state index >= 15 is 0 Å². The number of rotatable bonds is 5. The Bertz CT molecular complexity index is 1020. The summed E-state index contributed by atoms with van der Waals surface area (Å²) in [6, 6.07) is 17.3. The number of hydrogen-bond acceptors (Lipinski definition) is 6. The van der Waals surface area contributed by atoms with Crippen molar-refractivity contribution in [2.24, 2.45) is 4.99 Å². The van der Waals surface area contributed by atoms with Crippen LogP contribution in [0.2, 0.25) is 0 Å². The highest BCUT2D eigenvalue weighted by molar-refractivity contribution is 8.15. The summed E-state index contributed by atoms with van der Waals surface area (Å²) in [4.78, 5) is 19.0. The van der Waals surface area contributed by atoms with E-state index in [2.05, 4.69) is 10.3 Å². The molecule has 152 valence electrons. The third kappa shape index (κ3) is 4.64. The number of aliphatic imine (C=N–C) groups is 1. The summed E-state index contributed by atoms with van der Waals surface area (Å²) in [5.41, 5.74) is 2.73. The average Bonchev–Trinajstić information content (AvgIpc) is 3.17. The minimum atomic E-state index is -2.94. The number of fused-ring (bicyclic) bond motifs is 1. The Balaban J connectivity index is 1.37. The Kier molecular flexibility index (Phi) is 5.65. The largest absolute Gasteiger partial charge is 0.335 e. The van der Waals surface area contributed by atoms with Crippen LogP contribution in [0.4, 0.5) is 11.4 Å². The van der Waals surface area contributed by atoms with Crippen molar-refractivity contribution in [1.29, 1.82) is 0 Å². The summed E-state index contributed by atoms with van der Waals surface area (Å²) in [7, 11) is -2.94. The molecule has 29 heavy (non-hydrogen) atoms. The van der Waals surface area contributed by atoms with Gasteiger partial charge in [-0.15, -0.1) is 0 Å². The summed E-state index contributed by atoms with van der Waals surface area (Å²) in [5.74, 6) is 0.406. The Labute approximate surface area is 175 Å². The van der Waals surface area contributed by atoms with E-state index in [1.165, 1.54) is 11.8 Å². The zero-order valence-electron chi connectivity index (χ0n) is 16.1. The van der Waals surface area contributed by atoms with Crippen molar-refractivity contribution >= 4 is 44.0 Å². The quantitative estimate of drug-likeness (QED) is 0.791. The van der Waals surface area contributed by atoms with Gasteiger partial charge in [-0.2, -0.15) is 0 Å². The molecule has 0 aromatic heterocycles. The fourth-order valence-corrected chi connectivity index (χ4v) is 7.30. The van der Waals surface area contributed by atoms with Crippen LogP contribution in [0.5, 0.6) is 0 Å². The highest BCUT2D eigenvalue weighted by Crippen LogP contribution is 2.34. The predicted octanol–water partition coefficient (Wildman–Crippen LogP) is 2.96. The van der Waals surface area contributed by atoms with Gasteiger partial charge in [-0.3, -0.25) is 9.79 Å². The Morgan fingerprint density at radius 3 is 2.52 bits per heavy atom. The smallest absolute Gasteiger partial charge is 0.231 e. The van der Waals surface area contributed by atoms with Crippen LogP contribution in [0, 0.1) is 0 Å². The van der Waals surface area contributed by atoms with Gasteiger partial charge in [0, 0.05) is 23.2 Å². The van der Waals surface area contributed by atoms with Crippen LogP contribution in [-0.4, -0.2) is 48.8 Å². The molecule has 8 heteroatoms. The maximum absolute atomic E-state index is 12.7. The predicted molar refractivity (Wildman–Crippen MR) is 119 cm³/mol. The van der Waals surface area contributed by atoms with Crippen LogP contribution >= 0.6 is 11.8 Å². The van der Waals surface area contributed by atoms with Crippen molar-refractivity contribution in [2.45, 2.75) is 24.6 Å². The average molecular weight is 430 g/mol. The first kappa shape index (κ1) is 20.0. The molecule has 0 saturated carbocycles. The molecule has 2 atom stereocenters. The molecule has 2 aromatic carbocycles. The summed E-state index contributed by atoms with van der Waals surface area (Å²) < 4.78 is 23.3. The monoisotopic (exact) mass is 429 g/mol. The minimum absolute atomic E-state index is 0.0254. The van der Waals surface area contributed by atoms with Gasteiger partial charge < -0.3 is 10.2 Å². The van der Waals surface area contributed by atoms with Gasteiger partial charge in [-0.05, 0) is 36.8 Å². The van der Waals surface area contributed by atoms with Crippen LogP contribution in [0.3, 0.4) is 0 Å². The summed E-state index contributed by atoms with van der Waals surface area (Å²) in [5, 5.41) is 4.05. The van der Waals surface area contributed by atoms with E-state index in [4.69, 9.17) is 0 Å². The van der Waals surface area contributed by atoms with Gasteiger partial charge in [0.25, 0.3) is 0 Å². The lowest BCUT2D eigenvalue weighted by atomic mass is 10.1. The first-order valence-corrected chi connectivity index (χ1v) is 12.3. The number of carbonyl (C=O) groups excluding carboxylic acids is 1. The van der Waals surface area contributed by atoms with E-state index < -0.39 is 9.84 Å². The fraction of sp³-hybridized carbons (Fsp3) is 0.333. The number of para-hydroxylation sites is 1. The van der Waals surface area contributed by atoms with Gasteiger partial charge in [-0.25, -0.2) is 8.42 Å². The molecule has 0 bridgehead atoms. The van der Waals surface area contributed by atoms with E-state index in [1.54, 1.807) is 4.90 Å². The number of hydrogen-bond donors (Lipinski definition) is 1. The van der Waals surface area contributed by atoms with Crippen LogP contribution < -0.4 is 10.2 Å². The van der Waals surface area contributed by atoms with E-state index in [1.807, 2.05) is 61.5 Å². The first-order chi connectivity index (χ1) is 13.9. The minimum Gasteiger partial charge on any atom is -0.335 e. The van der Waals surface area contributed by atoms with Gasteiger partial charge in [0.2, 0.25) is 5.91 Å². The van der Waals surface area contributed by atoms with Crippen molar-refractivity contribution in [3.05, 3.63) is 60.2 Å². The van der Waals surface area contributed by atoms with Gasteiger partial charge >= 0.3 is 0 Å². The zero-order chi connectivity index (χ0) is 20.4. The lowest BCUT2D eigenvalue weighted by molar-refractivity contribution is -0.117. The van der Waals surface area contributed by atoms with E-state index in [0.717, 1.165) is 22.1 Å². The molecule has 1 fully saturated rings. The third-order valence-electron chi connectivity index (χ3n) is 5.06. The molecule has 4 rings (SSSR count). The second-order valence-electron chi connectivity index (χ2n) is 7.21. The number of amides is 1. The summed E-state index contributed by atoms with van der Waals surface area (Å²) in [6.45, 7) is 2.59. The fourth-order valence-electron chi connectivity index (χ4n) is 3.63. The topological polar surface area (TPSA) is 78.8 Å². The maximum Gasteiger partial charge on any atom is 0.231 e. The molecule has 1 amide bonds. The Hall–Kier alpha value is -2.32. The number of nitrogens with one attached hydrogen (secondary N) is 1. The van der Waals surface area contributed by atoms with Crippen molar-refractivity contribution < 1.29 is 13.2 Å². The maximum atomic E-state index is 12.7. The first-order valence-electron chi connectivity index (χ1n) is 9.60. The Morgan fingerprint density at radius 1 is 1.14 bits per heavy atom. The molecule has 1 saturated heterocycles. The second-order valence-corrected chi connectivity index (χ2v) is 10.6. The molecule has 2 aliphatic heterocycles. The van der Waals surface area contributed by atoms with Crippen molar-refractivity contribution in [3.8, 4) is 0 Å². The van der Waals surface area contributed by atoms with E-state index in [-0.39, 0.29) is 28.7 Å². The van der Waals surface area contributed by atoms with Gasteiger partial charge in [0.1, 0.15) is 0 Å². The molecular formula is C21H23N3O3S2. The highest BCUT2D eigenvalue weighted by Gasteiger charge is 2.42. The number of benzene rings is 2. The lowest BCUT2D eigenvalue weighted by Gasteiger charge is -2.21. The molecule has 2 aliphatic rings. The lowest BCUT2D eigenvalue weighted by Crippen LogP contribution is -2.31. The number of carbonyl (C=O) groups is 1. The summed E-state index contributed by atoms with van der Waals surface area (Å²) in [6.07, 6.45) is 0.334. The standard InChI is InChI=1S/C21H23N3O3S2/c1-2-24(17-6-4-3-5-7-17)20(25)12-15-8-10-16(11-9-15)22-21-23-18-13-29(26,27)14-19(18)28-21/h3-11,18-19H,2,12-14H2,1H3,(H,22,23)/t18-,19+/m0/s1. The number of thioether (sulfide) groups is 1. The molecule has 0 unspecified atom stereocenters.